The van der Waals surface area contributed by atoms with Gasteiger partial charge in [0.15, 0.2) is 10.2 Å². The molecule has 0 bridgehead atoms. The van der Waals surface area contributed by atoms with Crippen molar-refractivity contribution in [1.29, 1.82) is 0 Å². The molecule has 0 spiro atoms. The van der Waals surface area contributed by atoms with Crippen molar-refractivity contribution >= 4 is 38.9 Å². The van der Waals surface area contributed by atoms with Gasteiger partial charge in [0.2, 0.25) is 0 Å². The maximum absolute atomic E-state index is 5.87. The average molecular weight is 498 g/mol. The molecule has 0 aliphatic carbocycles. The number of para-hydroxylation sites is 1. The number of pyridine rings is 1. The molecule has 5 aromatic rings. The fourth-order valence-corrected chi connectivity index (χ4v) is 5.87. The van der Waals surface area contributed by atoms with E-state index >= 15 is 0 Å². The summed E-state index contributed by atoms with van der Waals surface area (Å²) in [6, 6.07) is 26.4. The monoisotopic (exact) mass is 497 g/mol. The van der Waals surface area contributed by atoms with E-state index in [-0.39, 0.29) is 12.1 Å². The Kier molecular flexibility index (Phi) is 5.67. The van der Waals surface area contributed by atoms with Crippen LogP contribution in [0.3, 0.4) is 0 Å². The standard InChI is InChI=1S/C27H23N5OS2/c1-33-19-13-11-18(12-14-19)17-32-25(24(30-26(32)34)21-8-4-5-15-28-21)22-9-6-16-31(22)27-29-20-7-2-3-10-23(20)35-27/h2-16,24-25H,17H2,1H3,(H,30,34). The van der Waals surface area contributed by atoms with E-state index in [9.17, 15) is 0 Å². The van der Waals surface area contributed by atoms with Gasteiger partial charge in [0.1, 0.15) is 5.75 Å². The van der Waals surface area contributed by atoms with Crippen LogP contribution in [0.15, 0.2) is 91.3 Å². The van der Waals surface area contributed by atoms with Gasteiger partial charge in [-0.25, -0.2) is 4.98 Å². The Hall–Kier alpha value is -3.75. The Morgan fingerprint density at radius 3 is 2.60 bits per heavy atom. The predicted octanol–water partition coefficient (Wildman–Crippen LogP) is 5.66. The van der Waals surface area contributed by atoms with Gasteiger partial charge in [-0.15, -0.1) is 0 Å². The minimum absolute atomic E-state index is 0.0680. The van der Waals surface area contributed by atoms with Crippen molar-refractivity contribution in [2.75, 3.05) is 7.11 Å². The summed E-state index contributed by atoms with van der Waals surface area (Å²) in [5.74, 6) is 0.837. The second-order valence-corrected chi connectivity index (χ2v) is 9.77. The van der Waals surface area contributed by atoms with Crippen LogP contribution in [0.1, 0.15) is 29.0 Å². The lowest BCUT2D eigenvalue weighted by Crippen LogP contribution is -2.30. The summed E-state index contributed by atoms with van der Waals surface area (Å²) in [6.07, 6.45) is 3.91. The highest BCUT2D eigenvalue weighted by Crippen LogP contribution is 2.41. The minimum Gasteiger partial charge on any atom is -0.497 e. The number of hydrogen-bond donors (Lipinski definition) is 1. The van der Waals surface area contributed by atoms with E-state index in [0.29, 0.717) is 11.7 Å². The van der Waals surface area contributed by atoms with Crippen molar-refractivity contribution in [3.8, 4) is 10.9 Å². The first kappa shape index (κ1) is 21.8. The average Bonchev–Trinajstić information content (AvgIpc) is 3.62. The number of benzene rings is 2. The Balaban J connectivity index is 1.43. The molecule has 1 fully saturated rings. The molecule has 35 heavy (non-hydrogen) atoms. The van der Waals surface area contributed by atoms with E-state index < -0.39 is 0 Å². The molecule has 2 aromatic carbocycles. The first-order valence-electron chi connectivity index (χ1n) is 11.4. The quantitative estimate of drug-likeness (QED) is 0.306. The number of fused-ring (bicyclic) bond motifs is 1. The summed E-state index contributed by atoms with van der Waals surface area (Å²) in [6.45, 7) is 0.662. The molecule has 2 atom stereocenters. The smallest absolute Gasteiger partial charge is 0.194 e. The minimum atomic E-state index is -0.0926. The highest BCUT2D eigenvalue weighted by Gasteiger charge is 2.41. The lowest BCUT2D eigenvalue weighted by atomic mass is 10.0. The number of nitrogens with zero attached hydrogens (tertiary/aromatic N) is 4. The van der Waals surface area contributed by atoms with E-state index in [4.69, 9.17) is 21.9 Å². The van der Waals surface area contributed by atoms with Crippen LogP contribution in [-0.4, -0.2) is 31.7 Å². The van der Waals surface area contributed by atoms with Crippen molar-refractivity contribution in [3.63, 3.8) is 0 Å². The highest BCUT2D eigenvalue weighted by atomic mass is 32.1. The largest absolute Gasteiger partial charge is 0.497 e. The molecule has 1 aliphatic heterocycles. The molecule has 1 N–H and O–H groups in total. The third kappa shape index (κ3) is 4.05. The van der Waals surface area contributed by atoms with Crippen LogP contribution in [0.4, 0.5) is 0 Å². The Morgan fingerprint density at radius 1 is 1.00 bits per heavy atom. The van der Waals surface area contributed by atoms with Crippen LogP contribution >= 0.6 is 23.6 Å². The van der Waals surface area contributed by atoms with E-state index in [1.54, 1.807) is 18.4 Å². The van der Waals surface area contributed by atoms with Crippen molar-refractivity contribution in [2.24, 2.45) is 0 Å². The van der Waals surface area contributed by atoms with Crippen LogP contribution in [0.2, 0.25) is 0 Å². The van der Waals surface area contributed by atoms with Crippen LogP contribution < -0.4 is 10.1 Å². The second kappa shape index (κ2) is 9.13. The molecule has 2 unspecified atom stereocenters. The van der Waals surface area contributed by atoms with Crippen LogP contribution in [0.25, 0.3) is 15.3 Å². The number of ether oxygens (including phenoxy) is 1. The molecule has 6 nitrogen and oxygen atoms in total. The molecule has 6 rings (SSSR count). The predicted molar refractivity (Wildman–Crippen MR) is 143 cm³/mol. The fourth-order valence-electron chi connectivity index (χ4n) is 4.60. The first-order valence-corrected chi connectivity index (χ1v) is 12.6. The molecule has 174 valence electrons. The van der Waals surface area contributed by atoms with Crippen LogP contribution in [0.5, 0.6) is 5.75 Å². The number of rotatable bonds is 6. The van der Waals surface area contributed by atoms with Crippen LogP contribution in [-0.2, 0) is 6.54 Å². The summed E-state index contributed by atoms with van der Waals surface area (Å²) in [5, 5.41) is 5.19. The third-order valence-corrected chi connectivity index (χ3v) is 7.67. The number of thiazole rings is 1. The van der Waals surface area contributed by atoms with Gasteiger partial charge in [0.25, 0.3) is 0 Å². The molecule has 1 saturated heterocycles. The van der Waals surface area contributed by atoms with Gasteiger partial charge in [-0.05, 0) is 66.3 Å². The van der Waals surface area contributed by atoms with Gasteiger partial charge >= 0.3 is 0 Å². The summed E-state index contributed by atoms with van der Waals surface area (Å²) in [7, 11) is 1.68. The SMILES string of the molecule is COc1ccc(CN2C(=S)NC(c3ccccn3)C2c2cccn2-c2nc3ccccc3s2)cc1. The van der Waals surface area contributed by atoms with Crippen molar-refractivity contribution < 1.29 is 4.74 Å². The normalized spacial score (nSPS) is 17.6. The van der Waals surface area contributed by atoms with Crippen molar-refractivity contribution in [1.82, 2.24) is 24.8 Å². The van der Waals surface area contributed by atoms with Gasteiger partial charge in [-0.1, -0.05) is 41.7 Å². The maximum Gasteiger partial charge on any atom is 0.194 e. The highest BCUT2D eigenvalue weighted by molar-refractivity contribution is 7.80. The fraction of sp³-hybridized carbons (Fsp3) is 0.148. The van der Waals surface area contributed by atoms with Crippen molar-refractivity contribution in [2.45, 2.75) is 18.6 Å². The Morgan fingerprint density at radius 2 is 1.83 bits per heavy atom. The number of thiocarbonyl (C=S) groups is 1. The topological polar surface area (TPSA) is 55.2 Å². The summed E-state index contributed by atoms with van der Waals surface area (Å²) in [4.78, 5) is 11.8. The van der Waals surface area contributed by atoms with Crippen molar-refractivity contribution in [3.05, 3.63) is 108 Å². The van der Waals surface area contributed by atoms with E-state index in [1.807, 2.05) is 42.6 Å². The molecule has 1 aliphatic rings. The van der Waals surface area contributed by atoms with Gasteiger partial charge in [-0.3, -0.25) is 9.55 Å². The van der Waals surface area contributed by atoms with Gasteiger partial charge < -0.3 is 15.0 Å². The summed E-state index contributed by atoms with van der Waals surface area (Å²) >= 11 is 7.55. The van der Waals surface area contributed by atoms with Crippen LogP contribution in [0, 0.1) is 0 Å². The summed E-state index contributed by atoms with van der Waals surface area (Å²) < 4.78 is 8.68. The molecule has 0 amide bonds. The van der Waals surface area contributed by atoms with E-state index in [1.165, 1.54) is 4.70 Å². The molecule has 0 saturated carbocycles. The zero-order chi connectivity index (χ0) is 23.8. The number of aromatic nitrogens is 3. The van der Waals surface area contributed by atoms with Gasteiger partial charge in [0, 0.05) is 18.9 Å². The Bertz CT molecular complexity index is 1450. The zero-order valence-electron chi connectivity index (χ0n) is 19.0. The third-order valence-electron chi connectivity index (χ3n) is 6.28. The van der Waals surface area contributed by atoms with E-state index in [0.717, 1.165) is 33.3 Å². The molecular weight excluding hydrogens is 474 g/mol. The number of hydrogen-bond acceptors (Lipinski definition) is 5. The molecule has 4 heterocycles. The number of nitrogens with one attached hydrogen (secondary N) is 1. The second-order valence-electron chi connectivity index (χ2n) is 8.37. The molecule has 0 radical (unpaired) electrons. The zero-order valence-corrected chi connectivity index (χ0v) is 20.7. The lowest BCUT2D eigenvalue weighted by Gasteiger charge is -2.28. The summed E-state index contributed by atoms with van der Waals surface area (Å²) in [5.41, 5.74) is 4.22. The van der Waals surface area contributed by atoms with E-state index in [2.05, 4.69) is 68.4 Å². The van der Waals surface area contributed by atoms with Gasteiger partial charge in [0.05, 0.1) is 40.8 Å². The first-order chi connectivity index (χ1) is 17.2. The molecular formula is C27H23N5OS2. The number of methoxy groups -OCH3 is 1. The maximum atomic E-state index is 5.87. The molecule has 8 heteroatoms. The van der Waals surface area contributed by atoms with Gasteiger partial charge in [-0.2, -0.15) is 0 Å². The Labute approximate surface area is 212 Å². The molecule has 3 aromatic heterocycles. The lowest BCUT2D eigenvalue weighted by molar-refractivity contribution is 0.302.